The smallest absolute Gasteiger partial charge is 0.261 e. The summed E-state index contributed by atoms with van der Waals surface area (Å²) in [4.78, 5) is 12.4. The molecule has 0 fully saturated rings. The Kier molecular flexibility index (Phi) is 7.07. The molecule has 140 valence electrons. The van der Waals surface area contributed by atoms with Crippen LogP contribution in [-0.2, 0) is 11.3 Å². The van der Waals surface area contributed by atoms with E-state index in [1.807, 2.05) is 62.4 Å². The van der Waals surface area contributed by atoms with Crippen LogP contribution >= 0.6 is 0 Å². The van der Waals surface area contributed by atoms with Gasteiger partial charge in [-0.3, -0.25) is 4.79 Å². The van der Waals surface area contributed by atoms with E-state index < -0.39 is 6.10 Å². The number of ether oxygens (including phenoxy) is 2. The van der Waals surface area contributed by atoms with Crippen molar-refractivity contribution in [3.63, 3.8) is 0 Å². The van der Waals surface area contributed by atoms with Gasteiger partial charge in [0.15, 0.2) is 6.10 Å². The first-order chi connectivity index (χ1) is 12.4. The summed E-state index contributed by atoms with van der Waals surface area (Å²) in [6.45, 7) is 10.4. The number of para-hydroxylation sites is 1. The normalized spacial score (nSPS) is 12.1. The van der Waals surface area contributed by atoms with Gasteiger partial charge < -0.3 is 14.8 Å². The molecule has 1 atom stereocenters. The van der Waals surface area contributed by atoms with Gasteiger partial charge in [0.1, 0.15) is 11.5 Å². The minimum Gasteiger partial charge on any atom is -0.491 e. The molecule has 0 saturated heterocycles. The third-order valence-corrected chi connectivity index (χ3v) is 3.98. The number of benzene rings is 2. The maximum absolute atomic E-state index is 12.4. The number of hydrogen-bond acceptors (Lipinski definition) is 3. The molecular weight excluding hydrogens is 326 g/mol. The average molecular weight is 355 g/mol. The molecule has 0 heterocycles. The highest BCUT2D eigenvalue weighted by Gasteiger charge is 2.17. The van der Waals surface area contributed by atoms with E-state index in [9.17, 15) is 4.79 Å². The number of rotatable bonds is 8. The van der Waals surface area contributed by atoms with Crippen LogP contribution in [0.4, 0.5) is 0 Å². The van der Waals surface area contributed by atoms with E-state index in [-0.39, 0.29) is 12.0 Å². The van der Waals surface area contributed by atoms with Crippen molar-refractivity contribution in [1.82, 2.24) is 5.32 Å². The van der Waals surface area contributed by atoms with Crippen molar-refractivity contribution >= 4 is 5.91 Å². The molecule has 0 saturated carbocycles. The molecule has 2 aromatic rings. The van der Waals surface area contributed by atoms with Crippen LogP contribution in [0.5, 0.6) is 11.5 Å². The fraction of sp³-hybridized carbons (Fsp3) is 0.409. The molecule has 2 rings (SSSR count). The van der Waals surface area contributed by atoms with Gasteiger partial charge in [-0.05, 0) is 56.0 Å². The summed E-state index contributed by atoms with van der Waals surface area (Å²) in [7, 11) is 0. The highest BCUT2D eigenvalue weighted by atomic mass is 16.5. The number of carbonyl (C=O) groups is 1. The zero-order valence-corrected chi connectivity index (χ0v) is 16.3. The van der Waals surface area contributed by atoms with E-state index in [2.05, 4.69) is 19.2 Å². The fourth-order valence-electron chi connectivity index (χ4n) is 2.60. The lowest BCUT2D eigenvalue weighted by Gasteiger charge is -2.18. The summed E-state index contributed by atoms with van der Waals surface area (Å²) in [5.41, 5.74) is 2.12. The average Bonchev–Trinajstić information content (AvgIpc) is 2.60. The minimum atomic E-state index is -0.557. The minimum absolute atomic E-state index is 0.133. The van der Waals surface area contributed by atoms with Crippen LogP contribution in [-0.4, -0.2) is 18.1 Å². The molecule has 0 aliphatic rings. The van der Waals surface area contributed by atoms with E-state index in [1.165, 1.54) is 0 Å². The number of nitrogens with one attached hydrogen (secondary N) is 1. The van der Waals surface area contributed by atoms with Crippen molar-refractivity contribution in [3.8, 4) is 11.5 Å². The Hall–Kier alpha value is -2.49. The number of carbonyl (C=O) groups excluding carboxylic acids is 1. The van der Waals surface area contributed by atoms with Crippen molar-refractivity contribution < 1.29 is 14.3 Å². The molecule has 0 aromatic heterocycles. The van der Waals surface area contributed by atoms with Gasteiger partial charge in [0.2, 0.25) is 0 Å². The van der Waals surface area contributed by atoms with E-state index in [0.29, 0.717) is 12.5 Å². The van der Waals surface area contributed by atoms with Crippen LogP contribution in [0, 0.1) is 0 Å². The highest BCUT2D eigenvalue weighted by molar-refractivity contribution is 5.80. The van der Waals surface area contributed by atoms with Crippen LogP contribution in [0.1, 0.15) is 51.7 Å². The standard InChI is InChI=1S/C22H29NO3/c1-15(2)20-8-6-7-9-21(20)26-17(5)22(24)23-14-18-10-12-19(13-11-18)25-16(3)4/h6-13,15-17H,14H2,1-5H3,(H,23,24). The molecule has 1 amide bonds. The molecule has 0 spiro atoms. The van der Waals surface area contributed by atoms with Crippen molar-refractivity contribution in [2.45, 2.75) is 59.3 Å². The van der Waals surface area contributed by atoms with Crippen LogP contribution in [0.2, 0.25) is 0 Å². The first-order valence-corrected chi connectivity index (χ1v) is 9.15. The Balaban J connectivity index is 1.89. The summed E-state index contributed by atoms with van der Waals surface area (Å²) in [5.74, 6) is 1.80. The van der Waals surface area contributed by atoms with E-state index >= 15 is 0 Å². The third kappa shape index (κ3) is 5.80. The van der Waals surface area contributed by atoms with Crippen molar-refractivity contribution in [2.24, 2.45) is 0 Å². The topological polar surface area (TPSA) is 47.6 Å². The van der Waals surface area contributed by atoms with Crippen LogP contribution in [0.15, 0.2) is 48.5 Å². The SMILES string of the molecule is CC(C)Oc1ccc(CNC(=O)C(C)Oc2ccccc2C(C)C)cc1. The molecule has 4 nitrogen and oxygen atoms in total. The van der Waals surface area contributed by atoms with Crippen molar-refractivity contribution in [2.75, 3.05) is 0 Å². The van der Waals surface area contributed by atoms with Gasteiger partial charge in [0.05, 0.1) is 6.10 Å². The van der Waals surface area contributed by atoms with Gasteiger partial charge in [0, 0.05) is 6.54 Å². The predicted molar refractivity (Wildman–Crippen MR) is 105 cm³/mol. The first kappa shape index (κ1) is 19.8. The lowest BCUT2D eigenvalue weighted by atomic mass is 10.0. The third-order valence-electron chi connectivity index (χ3n) is 3.98. The second-order valence-electron chi connectivity index (χ2n) is 6.98. The Labute approximate surface area is 156 Å². The summed E-state index contributed by atoms with van der Waals surface area (Å²) in [6, 6.07) is 15.6. The van der Waals surface area contributed by atoms with Gasteiger partial charge in [-0.25, -0.2) is 0 Å². The van der Waals surface area contributed by atoms with Gasteiger partial charge >= 0.3 is 0 Å². The molecule has 0 radical (unpaired) electrons. The molecule has 0 aliphatic heterocycles. The van der Waals surface area contributed by atoms with E-state index in [0.717, 1.165) is 22.6 Å². The Morgan fingerprint density at radius 1 is 0.923 bits per heavy atom. The van der Waals surface area contributed by atoms with E-state index in [4.69, 9.17) is 9.47 Å². The van der Waals surface area contributed by atoms with Gasteiger partial charge in [-0.15, -0.1) is 0 Å². The molecule has 2 aromatic carbocycles. The molecule has 26 heavy (non-hydrogen) atoms. The van der Waals surface area contributed by atoms with Crippen molar-refractivity contribution in [3.05, 3.63) is 59.7 Å². The largest absolute Gasteiger partial charge is 0.491 e. The lowest BCUT2D eigenvalue weighted by molar-refractivity contribution is -0.127. The van der Waals surface area contributed by atoms with Gasteiger partial charge in [-0.1, -0.05) is 44.2 Å². The Bertz CT molecular complexity index is 708. The predicted octanol–water partition coefficient (Wildman–Crippen LogP) is 4.68. The van der Waals surface area contributed by atoms with Crippen molar-refractivity contribution in [1.29, 1.82) is 0 Å². The number of amides is 1. The van der Waals surface area contributed by atoms with Crippen LogP contribution in [0.25, 0.3) is 0 Å². The summed E-state index contributed by atoms with van der Waals surface area (Å²) in [6.07, 6.45) is -0.411. The molecule has 0 bridgehead atoms. The van der Waals surface area contributed by atoms with Crippen LogP contribution < -0.4 is 14.8 Å². The molecule has 0 aliphatic carbocycles. The lowest BCUT2D eigenvalue weighted by Crippen LogP contribution is -2.36. The molecular formula is C22H29NO3. The summed E-state index contributed by atoms with van der Waals surface area (Å²) < 4.78 is 11.5. The monoisotopic (exact) mass is 355 g/mol. The molecule has 1 unspecified atom stereocenters. The fourth-order valence-corrected chi connectivity index (χ4v) is 2.60. The Morgan fingerprint density at radius 3 is 2.19 bits per heavy atom. The zero-order chi connectivity index (χ0) is 19.1. The quantitative estimate of drug-likeness (QED) is 0.748. The second kappa shape index (κ2) is 9.27. The van der Waals surface area contributed by atoms with Gasteiger partial charge in [0.25, 0.3) is 5.91 Å². The number of hydrogen-bond donors (Lipinski definition) is 1. The van der Waals surface area contributed by atoms with Crippen LogP contribution in [0.3, 0.4) is 0 Å². The highest BCUT2D eigenvalue weighted by Crippen LogP contribution is 2.26. The summed E-state index contributed by atoms with van der Waals surface area (Å²) >= 11 is 0. The Morgan fingerprint density at radius 2 is 1.58 bits per heavy atom. The maximum atomic E-state index is 12.4. The first-order valence-electron chi connectivity index (χ1n) is 9.15. The molecule has 4 heteroatoms. The van der Waals surface area contributed by atoms with Gasteiger partial charge in [-0.2, -0.15) is 0 Å². The molecule has 1 N–H and O–H groups in total. The second-order valence-corrected chi connectivity index (χ2v) is 6.98. The van der Waals surface area contributed by atoms with E-state index in [1.54, 1.807) is 6.92 Å². The summed E-state index contributed by atoms with van der Waals surface area (Å²) in [5, 5.41) is 2.92. The zero-order valence-electron chi connectivity index (χ0n) is 16.3. The maximum Gasteiger partial charge on any atom is 0.261 e.